The highest BCUT2D eigenvalue weighted by molar-refractivity contribution is 14.1. The molecule has 0 saturated heterocycles. The summed E-state index contributed by atoms with van der Waals surface area (Å²) in [6, 6.07) is 8.98. The quantitative estimate of drug-likeness (QED) is 0.499. The summed E-state index contributed by atoms with van der Waals surface area (Å²) < 4.78 is 1.28. The molecule has 1 aromatic carbocycles. The lowest BCUT2D eigenvalue weighted by Crippen LogP contribution is -2.35. The van der Waals surface area contributed by atoms with E-state index in [1.165, 1.54) is 34.8 Å². The molecular formula is C14H21IN2. The molecule has 1 aliphatic rings. The second-order valence-corrected chi connectivity index (χ2v) is 6.48. The van der Waals surface area contributed by atoms with Gasteiger partial charge in [-0.05, 0) is 65.0 Å². The molecule has 0 radical (unpaired) electrons. The van der Waals surface area contributed by atoms with Gasteiger partial charge in [-0.15, -0.1) is 0 Å². The topological polar surface area (TPSA) is 38.0 Å². The zero-order valence-electron chi connectivity index (χ0n) is 10.3. The molecule has 0 spiro atoms. The molecule has 0 aromatic heterocycles. The van der Waals surface area contributed by atoms with Gasteiger partial charge >= 0.3 is 0 Å². The van der Waals surface area contributed by atoms with Crippen LogP contribution in [0, 0.1) is 15.4 Å². The fourth-order valence-corrected chi connectivity index (χ4v) is 3.56. The molecule has 94 valence electrons. The first-order valence-electron chi connectivity index (χ1n) is 6.42. The first-order chi connectivity index (χ1) is 8.20. The minimum absolute atomic E-state index is 0.312. The van der Waals surface area contributed by atoms with Gasteiger partial charge in [-0.2, -0.15) is 0 Å². The van der Waals surface area contributed by atoms with E-state index in [-0.39, 0.29) is 0 Å². The zero-order valence-corrected chi connectivity index (χ0v) is 12.5. The van der Waals surface area contributed by atoms with E-state index >= 15 is 0 Å². The number of halogens is 1. The maximum atomic E-state index is 5.78. The van der Waals surface area contributed by atoms with Gasteiger partial charge in [0.15, 0.2) is 0 Å². The highest BCUT2D eigenvalue weighted by Crippen LogP contribution is 2.36. The van der Waals surface area contributed by atoms with Crippen LogP contribution in [0.1, 0.15) is 44.2 Å². The van der Waals surface area contributed by atoms with E-state index in [1.54, 1.807) is 0 Å². The molecule has 1 fully saturated rings. The van der Waals surface area contributed by atoms with E-state index in [0.29, 0.717) is 12.0 Å². The molecule has 0 heterocycles. The van der Waals surface area contributed by atoms with Crippen LogP contribution in [0.3, 0.4) is 0 Å². The number of hydrogen-bond donors (Lipinski definition) is 2. The highest BCUT2D eigenvalue weighted by atomic mass is 127. The molecular weight excluding hydrogens is 323 g/mol. The van der Waals surface area contributed by atoms with Crippen LogP contribution in [-0.4, -0.2) is 0 Å². The van der Waals surface area contributed by atoms with Crippen LogP contribution in [0.25, 0.3) is 0 Å². The smallest absolute Gasteiger partial charge is 0.0488 e. The van der Waals surface area contributed by atoms with E-state index in [2.05, 4.69) is 59.2 Å². The van der Waals surface area contributed by atoms with Gasteiger partial charge in [0, 0.05) is 9.61 Å². The number of rotatable bonds is 3. The van der Waals surface area contributed by atoms with Gasteiger partial charge in [0.25, 0.3) is 0 Å². The van der Waals surface area contributed by atoms with Crippen molar-refractivity contribution in [2.75, 3.05) is 0 Å². The molecule has 3 unspecified atom stereocenters. The maximum Gasteiger partial charge on any atom is 0.0488 e. The minimum atomic E-state index is 0.312. The van der Waals surface area contributed by atoms with Crippen molar-refractivity contribution >= 4 is 22.6 Å². The van der Waals surface area contributed by atoms with Gasteiger partial charge in [0.1, 0.15) is 0 Å². The van der Waals surface area contributed by atoms with Crippen molar-refractivity contribution in [2.45, 2.75) is 38.6 Å². The maximum absolute atomic E-state index is 5.78. The number of nitrogens with one attached hydrogen (secondary N) is 1. The van der Waals surface area contributed by atoms with Crippen molar-refractivity contribution in [2.24, 2.45) is 17.7 Å². The van der Waals surface area contributed by atoms with E-state index < -0.39 is 0 Å². The third-order valence-corrected chi connectivity index (χ3v) is 4.51. The average Bonchev–Trinajstić information content (AvgIpc) is 2.30. The molecule has 1 saturated carbocycles. The van der Waals surface area contributed by atoms with Crippen molar-refractivity contribution in [1.82, 2.24) is 5.43 Å². The number of benzene rings is 1. The van der Waals surface area contributed by atoms with Gasteiger partial charge in [-0.1, -0.05) is 31.9 Å². The van der Waals surface area contributed by atoms with Crippen LogP contribution in [0.15, 0.2) is 24.3 Å². The van der Waals surface area contributed by atoms with Crippen molar-refractivity contribution in [1.29, 1.82) is 0 Å². The Morgan fingerprint density at radius 3 is 2.88 bits per heavy atom. The molecule has 2 nitrogen and oxygen atoms in total. The SMILES string of the molecule is CC1CCCC(C(NN)c2cccc(I)c2)C1. The van der Waals surface area contributed by atoms with Gasteiger partial charge in [-0.3, -0.25) is 11.3 Å². The lowest BCUT2D eigenvalue weighted by atomic mass is 9.77. The summed E-state index contributed by atoms with van der Waals surface area (Å²) in [6.45, 7) is 2.36. The molecule has 1 aliphatic carbocycles. The monoisotopic (exact) mass is 344 g/mol. The predicted octanol–water partition coefficient (Wildman–Crippen LogP) is 3.62. The summed E-state index contributed by atoms with van der Waals surface area (Å²) in [6.07, 6.45) is 5.30. The molecule has 2 rings (SSSR count). The highest BCUT2D eigenvalue weighted by Gasteiger charge is 2.27. The summed E-state index contributed by atoms with van der Waals surface area (Å²) >= 11 is 2.36. The third kappa shape index (κ3) is 3.42. The van der Waals surface area contributed by atoms with E-state index in [1.807, 2.05) is 0 Å². The van der Waals surface area contributed by atoms with E-state index in [4.69, 9.17) is 5.84 Å². The van der Waals surface area contributed by atoms with Gasteiger partial charge in [-0.25, -0.2) is 0 Å². The Labute approximate surface area is 117 Å². The van der Waals surface area contributed by atoms with E-state index in [9.17, 15) is 0 Å². The Kier molecular flexibility index (Phi) is 4.82. The molecule has 3 heteroatoms. The van der Waals surface area contributed by atoms with Crippen LogP contribution in [-0.2, 0) is 0 Å². The summed E-state index contributed by atoms with van der Waals surface area (Å²) in [4.78, 5) is 0. The van der Waals surface area contributed by atoms with Crippen LogP contribution < -0.4 is 11.3 Å². The van der Waals surface area contributed by atoms with Crippen molar-refractivity contribution < 1.29 is 0 Å². The van der Waals surface area contributed by atoms with Crippen molar-refractivity contribution in [3.8, 4) is 0 Å². The van der Waals surface area contributed by atoms with Crippen LogP contribution in [0.5, 0.6) is 0 Å². The van der Waals surface area contributed by atoms with Crippen LogP contribution >= 0.6 is 22.6 Å². The molecule has 0 bridgehead atoms. The van der Waals surface area contributed by atoms with Crippen LogP contribution in [0.4, 0.5) is 0 Å². The standard InChI is InChI=1S/C14H21IN2/c1-10-4-2-5-11(8-10)14(17-16)12-6-3-7-13(15)9-12/h3,6-7,9-11,14,17H,2,4-5,8,16H2,1H3. The van der Waals surface area contributed by atoms with Gasteiger partial charge in [0.2, 0.25) is 0 Å². The Bertz CT molecular complexity index is 367. The Hall–Kier alpha value is -0.130. The normalized spacial score (nSPS) is 26.8. The predicted molar refractivity (Wildman–Crippen MR) is 80.3 cm³/mol. The Morgan fingerprint density at radius 2 is 2.24 bits per heavy atom. The zero-order chi connectivity index (χ0) is 12.3. The van der Waals surface area contributed by atoms with Crippen molar-refractivity contribution in [3.05, 3.63) is 33.4 Å². The molecule has 3 N–H and O–H groups in total. The van der Waals surface area contributed by atoms with Gasteiger partial charge < -0.3 is 0 Å². The van der Waals surface area contributed by atoms with Gasteiger partial charge in [0.05, 0.1) is 0 Å². The fraction of sp³-hybridized carbons (Fsp3) is 0.571. The summed E-state index contributed by atoms with van der Waals surface area (Å²) in [5.74, 6) is 7.30. The minimum Gasteiger partial charge on any atom is -0.271 e. The number of hydrogen-bond acceptors (Lipinski definition) is 2. The lowest BCUT2D eigenvalue weighted by Gasteiger charge is -2.33. The molecule has 3 atom stereocenters. The van der Waals surface area contributed by atoms with Crippen LogP contribution in [0.2, 0.25) is 0 Å². The molecule has 1 aromatic rings. The first-order valence-corrected chi connectivity index (χ1v) is 7.50. The second kappa shape index (κ2) is 6.16. The van der Waals surface area contributed by atoms with E-state index in [0.717, 1.165) is 5.92 Å². The Morgan fingerprint density at radius 1 is 1.41 bits per heavy atom. The first kappa shape index (κ1) is 13.3. The molecule has 17 heavy (non-hydrogen) atoms. The fourth-order valence-electron chi connectivity index (χ4n) is 2.99. The third-order valence-electron chi connectivity index (χ3n) is 3.84. The lowest BCUT2D eigenvalue weighted by molar-refractivity contribution is 0.224. The molecule has 0 aliphatic heterocycles. The van der Waals surface area contributed by atoms with Crippen molar-refractivity contribution in [3.63, 3.8) is 0 Å². The number of hydrazine groups is 1. The summed E-state index contributed by atoms with van der Waals surface area (Å²) in [5, 5.41) is 0. The summed E-state index contributed by atoms with van der Waals surface area (Å²) in [5.41, 5.74) is 4.36. The molecule has 0 amide bonds. The second-order valence-electron chi connectivity index (χ2n) is 5.23. The number of nitrogens with two attached hydrogens (primary N) is 1. The summed E-state index contributed by atoms with van der Waals surface area (Å²) in [7, 11) is 0. The Balaban J connectivity index is 2.15. The average molecular weight is 344 g/mol. The largest absolute Gasteiger partial charge is 0.271 e.